The molecule has 114 valence electrons. The second kappa shape index (κ2) is 8.89. The van der Waals surface area contributed by atoms with Gasteiger partial charge in [0.05, 0.1) is 0 Å². The second-order valence-corrected chi connectivity index (χ2v) is 4.61. The zero-order chi connectivity index (χ0) is 15.7. The monoisotopic (exact) mass is 288 g/mol. The van der Waals surface area contributed by atoms with Crippen molar-refractivity contribution in [2.75, 3.05) is 0 Å². The molecule has 2 amide bonds. The van der Waals surface area contributed by atoms with Gasteiger partial charge in [0.1, 0.15) is 6.04 Å². The van der Waals surface area contributed by atoms with Gasteiger partial charge < -0.3 is 20.8 Å². The van der Waals surface area contributed by atoms with Crippen molar-refractivity contribution < 1.29 is 29.4 Å². The molecule has 0 radical (unpaired) electrons. The van der Waals surface area contributed by atoms with E-state index in [2.05, 4.69) is 10.6 Å². The first-order valence-electron chi connectivity index (χ1n) is 6.25. The molecule has 1 atom stereocenters. The van der Waals surface area contributed by atoms with Crippen LogP contribution < -0.4 is 10.6 Å². The largest absolute Gasteiger partial charge is 0.481 e. The van der Waals surface area contributed by atoms with Gasteiger partial charge in [0.2, 0.25) is 11.8 Å². The fourth-order valence-corrected chi connectivity index (χ4v) is 1.41. The molecule has 0 rings (SSSR count). The lowest BCUT2D eigenvalue weighted by atomic mass is 10.1. The zero-order valence-electron chi connectivity index (χ0n) is 11.5. The number of rotatable bonds is 9. The van der Waals surface area contributed by atoms with Crippen LogP contribution in [0, 0.1) is 0 Å². The van der Waals surface area contributed by atoms with Crippen molar-refractivity contribution in [1.82, 2.24) is 10.6 Å². The fraction of sp³-hybridized carbons (Fsp3) is 0.667. The van der Waals surface area contributed by atoms with Crippen LogP contribution in [0.3, 0.4) is 0 Å². The first-order chi connectivity index (χ1) is 9.22. The minimum Gasteiger partial charge on any atom is -0.481 e. The van der Waals surface area contributed by atoms with Gasteiger partial charge in [0, 0.05) is 25.3 Å². The van der Waals surface area contributed by atoms with E-state index in [0.29, 0.717) is 0 Å². The average Bonchev–Trinajstić information content (AvgIpc) is 2.30. The molecule has 4 N–H and O–H groups in total. The highest BCUT2D eigenvalue weighted by molar-refractivity contribution is 5.87. The Kier molecular flexibility index (Phi) is 7.95. The number of nitrogens with one attached hydrogen (secondary N) is 2. The second-order valence-electron chi connectivity index (χ2n) is 4.61. The normalized spacial score (nSPS) is 11.8. The van der Waals surface area contributed by atoms with Crippen LogP contribution in [-0.4, -0.2) is 46.0 Å². The summed E-state index contributed by atoms with van der Waals surface area (Å²) in [5.74, 6) is -3.33. The summed E-state index contributed by atoms with van der Waals surface area (Å²) in [4.78, 5) is 44.0. The lowest BCUT2D eigenvalue weighted by molar-refractivity contribution is -0.143. The summed E-state index contributed by atoms with van der Waals surface area (Å²) in [6, 6.07) is -1.29. The van der Waals surface area contributed by atoms with E-state index in [1.165, 1.54) is 0 Å². The van der Waals surface area contributed by atoms with Gasteiger partial charge in [-0.25, -0.2) is 4.79 Å². The molecule has 1 unspecified atom stereocenters. The Morgan fingerprint density at radius 3 is 1.80 bits per heavy atom. The number of carbonyl (C=O) groups excluding carboxylic acids is 2. The summed E-state index contributed by atoms with van der Waals surface area (Å²) in [7, 11) is 0. The van der Waals surface area contributed by atoms with Gasteiger partial charge in [-0.1, -0.05) is 0 Å². The third-order valence-corrected chi connectivity index (χ3v) is 2.31. The summed E-state index contributed by atoms with van der Waals surface area (Å²) in [6.07, 6.45) is -0.746. The summed E-state index contributed by atoms with van der Waals surface area (Å²) in [5, 5.41) is 22.1. The van der Waals surface area contributed by atoms with Crippen molar-refractivity contribution in [3.63, 3.8) is 0 Å². The van der Waals surface area contributed by atoms with E-state index in [1.807, 2.05) is 0 Å². The molecule has 0 aromatic heterocycles. The molecule has 0 spiro atoms. The highest BCUT2D eigenvalue weighted by Gasteiger charge is 2.21. The summed E-state index contributed by atoms with van der Waals surface area (Å²) >= 11 is 0. The quantitative estimate of drug-likeness (QED) is 0.461. The Bertz CT molecular complexity index is 380. The molecule has 0 saturated carbocycles. The maximum Gasteiger partial charge on any atom is 0.326 e. The lowest BCUT2D eigenvalue weighted by Crippen LogP contribution is -2.41. The number of carboxylic acid groups (broad SMARTS) is 2. The van der Waals surface area contributed by atoms with Gasteiger partial charge in [-0.15, -0.1) is 0 Å². The predicted molar refractivity (Wildman–Crippen MR) is 68.9 cm³/mol. The number of hydrogen-bond acceptors (Lipinski definition) is 4. The Labute approximate surface area is 116 Å². The van der Waals surface area contributed by atoms with Gasteiger partial charge in [0.25, 0.3) is 0 Å². The number of amides is 2. The third-order valence-electron chi connectivity index (χ3n) is 2.31. The van der Waals surface area contributed by atoms with E-state index in [9.17, 15) is 19.2 Å². The zero-order valence-corrected chi connectivity index (χ0v) is 11.5. The topological polar surface area (TPSA) is 133 Å². The molecule has 0 aliphatic carbocycles. The minimum atomic E-state index is -1.30. The Morgan fingerprint density at radius 2 is 1.40 bits per heavy atom. The summed E-state index contributed by atoms with van der Waals surface area (Å²) in [5.41, 5.74) is 0. The first-order valence-corrected chi connectivity index (χ1v) is 6.25. The molecule has 0 aliphatic rings. The highest BCUT2D eigenvalue weighted by Crippen LogP contribution is 2.00. The first kappa shape index (κ1) is 17.9. The Morgan fingerprint density at radius 1 is 0.900 bits per heavy atom. The van der Waals surface area contributed by atoms with Crippen molar-refractivity contribution >= 4 is 23.8 Å². The summed E-state index contributed by atoms with van der Waals surface area (Å²) < 4.78 is 0. The lowest BCUT2D eigenvalue weighted by Gasteiger charge is -2.13. The maximum absolute atomic E-state index is 11.5. The van der Waals surface area contributed by atoms with Crippen LogP contribution in [0.1, 0.15) is 39.5 Å². The molecule has 0 aliphatic heterocycles. The van der Waals surface area contributed by atoms with E-state index in [1.54, 1.807) is 13.8 Å². The molecule has 0 heterocycles. The van der Waals surface area contributed by atoms with E-state index in [0.717, 1.165) is 0 Å². The molecule has 0 saturated heterocycles. The summed E-state index contributed by atoms with van der Waals surface area (Å²) in [6.45, 7) is 3.56. The minimum absolute atomic E-state index is 0.0344. The number of aliphatic carboxylic acids is 2. The van der Waals surface area contributed by atoms with Gasteiger partial charge in [-0.05, 0) is 20.3 Å². The van der Waals surface area contributed by atoms with Gasteiger partial charge in [0.15, 0.2) is 0 Å². The predicted octanol–water partition coefficient (Wildman–Crippen LogP) is -0.275. The maximum atomic E-state index is 11.5. The van der Waals surface area contributed by atoms with E-state index >= 15 is 0 Å². The molecule has 20 heavy (non-hydrogen) atoms. The van der Waals surface area contributed by atoms with Crippen LogP contribution >= 0.6 is 0 Å². The number of hydrogen-bond donors (Lipinski definition) is 4. The molecule has 0 fully saturated rings. The van der Waals surface area contributed by atoms with Gasteiger partial charge in [-0.3, -0.25) is 14.4 Å². The average molecular weight is 288 g/mol. The van der Waals surface area contributed by atoms with Gasteiger partial charge in [-0.2, -0.15) is 0 Å². The van der Waals surface area contributed by atoms with Crippen molar-refractivity contribution in [3.8, 4) is 0 Å². The van der Waals surface area contributed by atoms with Crippen LogP contribution in [0.4, 0.5) is 0 Å². The third kappa shape index (κ3) is 8.90. The van der Waals surface area contributed by atoms with Crippen LogP contribution in [0.5, 0.6) is 0 Å². The fourth-order valence-electron chi connectivity index (χ4n) is 1.41. The standard InChI is InChI=1S/C12H20N2O6/c1-7(2)13-9(15)4-5-10(16)14-8(12(19)20)3-6-11(17)18/h7-8H,3-6H2,1-2H3,(H,13,15)(H,14,16)(H,17,18)(H,19,20). The van der Waals surface area contributed by atoms with E-state index < -0.39 is 23.9 Å². The Balaban J connectivity index is 4.16. The molecule has 0 bridgehead atoms. The van der Waals surface area contributed by atoms with Crippen molar-refractivity contribution in [3.05, 3.63) is 0 Å². The van der Waals surface area contributed by atoms with Crippen molar-refractivity contribution in [2.45, 2.75) is 51.6 Å². The molecule has 8 nitrogen and oxygen atoms in total. The van der Waals surface area contributed by atoms with Crippen LogP contribution in [-0.2, 0) is 19.2 Å². The van der Waals surface area contributed by atoms with Crippen LogP contribution in [0.25, 0.3) is 0 Å². The van der Waals surface area contributed by atoms with Crippen LogP contribution in [0.2, 0.25) is 0 Å². The molecular formula is C12H20N2O6. The molecular weight excluding hydrogens is 268 g/mol. The Hall–Kier alpha value is -2.12. The SMILES string of the molecule is CC(C)NC(=O)CCC(=O)NC(CCC(=O)O)C(=O)O. The van der Waals surface area contributed by atoms with Crippen molar-refractivity contribution in [1.29, 1.82) is 0 Å². The van der Waals surface area contributed by atoms with E-state index in [4.69, 9.17) is 10.2 Å². The molecule has 0 aromatic carbocycles. The molecule has 8 heteroatoms. The van der Waals surface area contributed by atoms with E-state index in [-0.39, 0.29) is 37.6 Å². The van der Waals surface area contributed by atoms with Crippen molar-refractivity contribution in [2.24, 2.45) is 0 Å². The number of carboxylic acids is 2. The number of carbonyl (C=O) groups is 4. The molecule has 0 aromatic rings. The van der Waals surface area contributed by atoms with Gasteiger partial charge >= 0.3 is 11.9 Å². The smallest absolute Gasteiger partial charge is 0.326 e. The highest BCUT2D eigenvalue weighted by atomic mass is 16.4. The van der Waals surface area contributed by atoms with Crippen LogP contribution in [0.15, 0.2) is 0 Å².